The van der Waals surface area contributed by atoms with Crippen molar-refractivity contribution >= 4 is 10.1 Å². The Labute approximate surface area is 131 Å². The van der Waals surface area contributed by atoms with Crippen molar-refractivity contribution in [2.24, 2.45) is 0 Å². The first-order valence-corrected chi connectivity index (χ1v) is 8.42. The molecule has 0 saturated carbocycles. The molecule has 0 fully saturated rings. The van der Waals surface area contributed by atoms with Crippen LogP contribution in [0.4, 0.5) is 0 Å². The highest BCUT2D eigenvalue weighted by atomic mass is 32.2. The number of benzene rings is 2. The maximum atomic E-state index is 12.1. The SMILES string of the molecule is Cc1ccc(S(=O)(=O)OC[C@@](C)(O)Cc2ccccc2)cc1. The van der Waals surface area contributed by atoms with Crippen molar-refractivity contribution in [1.29, 1.82) is 0 Å². The number of hydrogen-bond acceptors (Lipinski definition) is 4. The standard InChI is InChI=1S/C17H20O4S/c1-14-8-10-16(11-9-14)22(19,20)21-13-17(2,18)12-15-6-4-3-5-7-15/h3-11,18H,12-13H2,1-2H3/t17-/m0/s1. The summed E-state index contributed by atoms with van der Waals surface area (Å²) >= 11 is 0. The van der Waals surface area contributed by atoms with Crippen LogP contribution in [-0.4, -0.2) is 25.7 Å². The van der Waals surface area contributed by atoms with Crippen LogP contribution < -0.4 is 0 Å². The summed E-state index contributed by atoms with van der Waals surface area (Å²) in [6.07, 6.45) is 0.317. The molecule has 22 heavy (non-hydrogen) atoms. The van der Waals surface area contributed by atoms with E-state index in [1.807, 2.05) is 37.3 Å². The molecule has 0 bridgehead atoms. The van der Waals surface area contributed by atoms with Gasteiger partial charge in [0.1, 0.15) is 0 Å². The minimum absolute atomic E-state index is 0.0913. The third kappa shape index (κ3) is 4.66. The minimum atomic E-state index is -3.86. The second kappa shape index (κ2) is 6.60. The lowest BCUT2D eigenvalue weighted by Gasteiger charge is -2.22. The molecule has 0 aliphatic carbocycles. The van der Waals surface area contributed by atoms with E-state index in [4.69, 9.17) is 4.18 Å². The summed E-state index contributed by atoms with van der Waals surface area (Å²) in [5, 5.41) is 10.3. The molecule has 2 aromatic carbocycles. The van der Waals surface area contributed by atoms with Crippen LogP contribution >= 0.6 is 0 Å². The molecule has 0 unspecified atom stereocenters. The van der Waals surface area contributed by atoms with E-state index < -0.39 is 15.7 Å². The van der Waals surface area contributed by atoms with Crippen LogP contribution in [0.5, 0.6) is 0 Å². The van der Waals surface area contributed by atoms with E-state index in [9.17, 15) is 13.5 Å². The summed E-state index contributed by atoms with van der Waals surface area (Å²) in [6.45, 7) is 3.14. The Balaban J connectivity index is 2.03. The number of rotatable bonds is 6. The van der Waals surface area contributed by atoms with Crippen LogP contribution in [0.3, 0.4) is 0 Å². The van der Waals surface area contributed by atoms with Gasteiger partial charge in [0.05, 0.1) is 17.1 Å². The second-order valence-electron chi connectivity index (χ2n) is 5.69. The van der Waals surface area contributed by atoms with Crippen LogP contribution in [0.2, 0.25) is 0 Å². The van der Waals surface area contributed by atoms with Gasteiger partial charge >= 0.3 is 0 Å². The predicted molar refractivity (Wildman–Crippen MR) is 85.1 cm³/mol. The lowest BCUT2D eigenvalue weighted by molar-refractivity contribution is 0.0141. The van der Waals surface area contributed by atoms with Gasteiger partial charge in [0.15, 0.2) is 0 Å². The summed E-state index contributed by atoms with van der Waals surface area (Å²) in [5.74, 6) is 0. The highest BCUT2D eigenvalue weighted by Gasteiger charge is 2.26. The highest BCUT2D eigenvalue weighted by Crippen LogP contribution is 2.18. The summed E-state index contributed by atoms with van der Waals surface area (Å²) in [5.41, 5.74) is 0.623. The summed E-state index contributed by atoms with van der Waals surface area (Å²) in [4.78, 5) is 0.0913. The van der Waals surface area contributed by atoms with Gasteiger partial charge in [-0.15, -0.1) is 0 Å². The van der Waals surface area contributed by atoms with E-state index in [0.29, 0.717) is 6.42 Å². The first-order valence-electron chi connectivity index (χ1n) is 7.01. The fourth-order valence-electron chi connectivity index (χ4n) is 2.06. The van der Waals surface area contributed by atoms with Gasteiger partial charge in [-0.1, -0.05) is 48.0 Å². The maximum Gasteiger partial charge on any atom is 0.297 e. The van der Waals surface area contributed by atoms with Crippen molar-refractivity contribution in [2.75, 3.05) is 6.61 Å². The van der Waals surface area contributed by atoms with Gasteiger partial charge in [-0.3, -0.25) is 4.18 Å². The Morgan fingerprint density at radius 3 is 2.23 bits per heavy atom. The first kappa shape index (κ1) is 16.7. The normalized spacial score (nSPS) is 14.5. The van der Waals surface area contributed by atoms with Crippen molar-refractivity contribution in [2.45, 2.75) is 30.8 Å². The fourth-order valence-corrected chi connectivity index (χ4v) is 3.08. The van der Waals surface area contributed by atoms with Crippen LogP contribution in [0, 0.1) is 6.92 Å². The zero-order valence-electron chi connectivity index (χ0n) is 12.7. The number of aryl methyl sites for hydroxylation is 1. The van der Waals surface area contributed by atoms with Crippen LogP contribution in [-0.2, 0) is 20.7 Å². The molecular formula is C17H20O4S. The van der Waals surface area contributed by atoms with E-state index in [0.717, 1.165) is 11.1 Å². The van der Waals surface area contributed by atoms with Gasteiger partial charge in [0.2, 0.25) is 0 Å². The van der Waals surface area contributed by atoms with Crippen molar-refractivity contribution < 1.29 is 17.7 Å². The van der Waals surface area contributed by atoms with E-state index in [1.165, 1.54) is 12.1 Å². The quantitative estimate of drug-likeness (QED) is 0.831. The third-order valence-corrected chi connectivity index (χ3v) is 4.54. The molecule has 0 spiro atoms. The fraction of sp³-hybridized carbons (Fsp3) is 0.294. The van der Waals surface area contributed by atoms with Gasteiger partial charge in [-0.25, -0.2) is 0 Å². The molecule has 1 N–H and O–H groups in total. The summed E-state index contributed by atoms with van der Waals surface area (Å²) < 4.78 is 29.2. The zero-order valence-corrected chi connectivity index (χ0v) is 13.5. The predicted octanol–water partition coefficient (Wildman–Crippen LogP) is 2.69. The van der Waals surface area contributed by atoms with E-state index >= 15 is 0 Å². The largest absolute Gasteiger partial charge is 0.387 e. The highest BCUT2D eigenvalue weighted by molar-refractivity contribution is 7.86. The lowest BCUT2D eigenvalue weighted by atomic mass is 9.98. The van der Waals surface area contributed by atoms with Crippen LogP contribution in [0.1, 0.15) is 18.1 Å². The molecule has 0 aliphatic rings. The molecule has 5 heteroatoms. The molecule has 118 valence electrons. The second-order valence-corrected chi connectivity index (χ2v) is 7.30. The summed E-state index contributed by atoms with van der Waals surface area (Å²) in [6, 6.07) is 15.8. The third-order valence-electron chi connectivity index (χ3n) is 3.26. The van der Waals surface area contributed by atoms with Crippen molar-refractivity contribution in [3.05, 3.63) is 65.7 Å². The van der Waals surface area contributed by atoms with E-state index in [-0.39, 0.29) is 11.5 Å². The lowest BCUT2D eigenvalue weighted by Crippen LogP contribution is -2.34. The maximum absolute atomic E-state index is 12.1. The smallest absolute Gasteiger partial charge is 0.297 e. The topological polar surface area (TPSA) is 63.6 Å². The molecule has 0 amide bonds. The summed E-state index contributed by atoms with van der Waals surface area (Å²) in [7, 11) is -3.86. The van der Waals surface area contributed by atoms with E-state index in [1.54, 1.807) is 19.1 Å². The van der Waals surface area contributed by atoms with Crippen molar-refractivity contribution in [3.8, 4) is 0 Å². The molecule has 4 nitrogen and oxygen atoms in total. The van der Waals surface area contributed by atoms with Crippen molar-refractivity contribution in [3.63, 3.8) is 0 Å². The number of hydrogen-bond donors (Lipinski definition) is 1. The Bertz CT molecular complexity index is 704. The molecule has 0 heterocycles. The molecule has 2 aromatic rings. The molecule has 0 saturated heterocycles. The molecule has 0 aliphatic heterocycles. The Hall–Kier alpha value is -1.69. The van der Waals surface area contributed by atoms with Gasteiger partial charge in [0.25, 0.3) is 10.1 Å². The van der Waals surface area contributed by atoms with Crippen LogP contribution in [0.15, 0.2) is 59.5 Å². The molecule has 2 rings (SSSR count). The average molecular weight is 320 g/mol. The molecule has 0 radical (unpaired) electrons. The van der Waals surface area contributed by atoms with Gasteiger partial charge < -0.3 is 5.11 Å². The molecular weight excluding hydrogens is 300 g/mol. The minimum Gasteiger partial charge on any atom is -0.387 e. The zero-order chi connectivity index (χ0) is 16.2. The first-order chi connectivity index (χ1) is 10.3. The Morgan fingerprint density at radius 1 is 1.05 bits per heavy atom. The molecule has 0 aromatic heterocycles. The van der Waals surface area contributed by atoms with Gasteiger partial charge in [0, 0.05) is 6.42 Å². The number of aliphatic hydroxyl groups is 1. The Morgan fingerprint density at radius 2 is 1.64 bits per heavy atom. The molecule has 1 atom stereocenters. The van der Waals surface area contributed by atoms with Gasteiger partial charge in [-0.2, -0.15) is 8.42 Å². The van der Waals surface area contributed by atoms with Gasteiger partial charge in [-0.05, 0) is 31.5 Å². The monoisotopic (exact) mass is 320 g/mol. The van der Waals surface area contributed by atoms with Crippen LogP contribution in [0.25, 0.3) is 0 Å². The Kier molecular flexibility index (Phi) is 5.01. The van der Waals surface area contributed by atoms with Crippen molar-refractivity contribution in [1.82, 2.24) is 0 Å². The average Bonchev–Trinajstić information content (AvgIpc) is 2.47. The van der Waals surface area contributed by atoms with E-state index in [2.05, 4.69) is 0 Å².